The van der Waals surface area contributed by atoms with Crippen molar-refractivity contribution in [3.8, 4) is 11.5 Å². The predicted molar refractivity (Wildman–Crippen MR) is 118 cm³/mol. The molecule has 7 nitrogen and oxygen atoms in total. The van der Waals surface area contributed by atoms with Crippen LogP contribution >= 0.6 is 23.4 Å². The highest BCUT2D eigenvalue weighted by Gasteiger charge is 2.49. The first-order valence-electron chi connectivity index (χ1n) is 9.56. The molecule has 0 bridgehead atoms. The van der Waals surface area contributed by atoms with Gasteiger partial charge in [-0.05, 0) is 49.1 Å². The normalized spacial score (nSPS) is 19.9. The van der Waals surface area contributed by atoms with Crippen LogP contribution in [-0.2, 0) is 16.9 Å². The van der Waals surface area contributed by atoms with Crippen LogP contribution in [0.4, 0.5) is 4.79 Å². The van der Waals surface area contributed by atoms with E-state index in [1.807, 2.05) is 30.5 Å². The topological polar surface area (TPSA) is 80.8 Å². The number of urea groups is 1. The number of imide groups is 1. The molecule has 1 N–H and O–H groups in total. The van der Waals surface area contributed by atoms with Crippen molar-refractivity contribution in [1.82, 2.24) is 15.2 Å². The number of ether oxygens (including phenoxy) is 2. The van der Waals surface area contributed by atoms with Crippen LogP contribution in [-0.4, -0.2) is 34.9 Å². The standard InChI is InChI=1S/C22H18ClN3O4S/c1-22(14-4-6-17-18(8-14)30-11-29-17)20(27)26(21(28)25-22)10-13-7-12-3-5-15(31-2)9-16(12)24-19(13)23/h3-9H,10-11H2,1-2H3,(H,25,28)/t22-/m1/s1. The van der Waals surface area contributed by atoms with Gasteiger partial charge in [-0.2, -0.15) is 0 Å². The summed E-state index contributed by atoms with van der Waals surface area (Å²) < 4.78 is 10.7. The minimum absolute atomic E-state index is 0.0247. The molecule has 0 unspecified atom stereocenters. The zero-order chi connectivity index (χ0) is 21.8. The number of aromatic nitrogens is 1. The zero-order valence-electron chi connectivity index (χ0n) is 16.8. The zero-order valence-corrected chi connectivity index (χ0v) is 18.3. The molecule has 2 aliphatic heterocycles. The van der Waals surface area contributed by atoms with Crippen molar-refractivity contribution in [2.75, 3.05) is 13.0 Å². The molecular formula is C22H18ClN3O4S. The van der Waals surface area contributed by atoms with Gasteiger partial charge in [0.15, 0.2) is 11.5 Å². The van der Waals surface area contributed by atoms with Crippen molar-refractivity contribution < 1.29 is 19.1 Å². The van der Waals surface area contributed by atoms with E-state index in [2.05, 4.69) is 10.3 Å². The van der Waals surface area contributed by atoms with Crippen molar-refractivity contribution in [2.45, 2.75) is 23.9 Å². The van der Waals surface area contributed by atoms with Gasteiger partial charge in [0.05, 0.1) is 12.1 Å². The number of benzene rings is 2. The molecule has 0 radical (unpaired) electrons. The molecule has 0 aliphatic carbocycles. The lowest BCUT2D eigenvalue weighted by molar-refractivity contribution is -0.131. The summed E-state index contributed by atoms with van der Waals surface area (Å²) >= 11 is 8.03. The van der Waals surface area contributed by atoms with Gasteiger partial charge in [0.2, 0.25) is 6.79 Å². The van der Waals surface area contributed by atoms with E-state index in [0.717, 1.165) is 20.7 Å². The third-order valence-corrected chi connectivity index (χ3v) is 6.66. The largest absolute Gasteiger partial charge is 0.454 e. The fraction of sp³-hybridized carbons (Fsp3) is 0.227. The molecule has 3 amide bonds. The molecule has 1 fully saturated rings. The summed E-state index contributed by atoms with van der Waals surface area (Å²) in [6.45, 7) is 1.83. The summed E-state index contributed by atoms with van der Waals surface area (Å²) in [6.07, 6.45) is 1.99. The Bertz CT molecular complexity index is 1250. The molecule has 0 spiro atoms. The minimum Gasteiger partial charge on any atom is -0.454 e. The molecule has 158 valence electrons. The number of amides is 3. The number of halogens is 1. The molecule has 31 heavy (non-hydrogen) atoms. The smallest absolute Gasteiger partial charge is 0.325 e. The van der Waals surface area contributed by atoms with Gasteiger partial charge in [-0.15, -0.1) is 11.8 Å². The minimum atomic E-state index is -1.22. The highest BCUT2D eigenvalue weighted by atomic mass is 35.5. The first-order valence-corrected chi connectivity index (χ1v) is 11.2. The first kappa shape index (κ1) is 20.0. The van der Waals surface area contributed by atoms with Crippen molar-refractivity contribution in [3.05, 3.63) is 58.7 Å². The Balaban J connectivity index is 1.45. The Kier molecular flexibility index (Phi) is 4.71. The summed E-state index contributed by atoms with van der Waals surface area (Å²) in [5.41, 5.74) is 0.764. The van der Waals surface area contributed by atoms with Gasteiger partial charge >= 0.3 is 6.03 Å². The monoisotopic (exact) mass is 455 g/mol. The van der Waals surface area contributed by atoms with Crippen molar-refractivity contribution >= 4 is 46.2 Å². The lowest BCUT2D eigenvalue weighted by Gasteiger charge is -2.22. The van der Waals surface area contributed by atoms with Crippen LogP contribution in [0, 0.1) is 0 Å². The van der Waals surface area contributed by atoms with Gasteiger partial charge < -0.3 is 14.8 Å². The van der Waals surface area contributed by atoms with E-state index in [1.54, 1.807) is 36.9 Å². The predicted octanol–water partition coefficient (Wildman–Crippen LogP) is 4.31. The Labute approximate surface area is 187 Å². The van der Waals surface area contributed by atoms with E-state index in [0.29, 0.717) is 22.6 Å². The van der Waals surface area contributed by atoms with Gasteiger partial charge in [-0.1, -0.05) is 23.7 Å². The first-order chi connectivity index (χ1) is 14.9. The third kappa shape index (κ3) is 3.26. The van der Waals surface area contributed by atoms with Crippen LogP contribution in [0.2, 0.25) is 5.15 Å². The van der Waals surface area contributed by atoms with Crippen LogP contribution in [0.5, 0.6) is 11.5 Å². The number of rotatable bonds is 4. The Morgan fingerprint density at radius 2 is 1.97 bits per heavy atom. The van der Waals surface area contributed by atoms with E-state index < -0.39 is 11.6 Å². The number of nitrogens with one attached hydrogen (secondary N) is 1. The van der Waals surface area contributed by atoms with Crippen LogP contribution in [0.25, 0.3) is 10.9 Å². The number of thioether (sulfide) groups is 1. The Hall–Kier alpha value is -2.97. The van der Waals surface area contributed by atoms with E-state index in [-0.39, 0.29) is 24.4 Å². The van der Waals surface area contributed by atoms with Crippen LogP contribution in [0.15, 0.2) is 47.4 Å². The number of hydrogen-bond donors (Lipinski definition) is 1. The van der Waals surface area contributed by atoms with E-state index in [4.69, 9.17) is 21.1 Å². The third-order valence-electron chi connectivity index (χ3n) is 5.60. The number of nitrogens with zero attached hydrogens (tertiary/aromatic N) is 2. The molecule has 9 heteroatoms. The van der Waals surface area contributed by atoms with Gasteiger partial charge in [-0.3, -0.25) is 9.69 Å². The molecule has 5 rings (SSSR count). The lowest BCUT2D eigenvalue weighted by Crippen LogP contribution is -2.40. The number of pyridine rings is 1. The molecule has 0 saturated carbocycles. The summed E-state index contributed by atoms with van der Waals surface area (Å²) in [5.74, 6) is 0.787. The molecule has 3 aromatic rings. The Morgan fingerprint density at radius 3 is 2.77 bits per heavy atom. The SMILES string of the molecule is CSc1ccc2cc(CN3C(=O)N[C@](C)(c4ccc5c(c4)OCO5)C3=O)c(Cl)nc2c1. The molecule has 2 aliphatic rings. The number of fused-ring (bicyclic) bond motifs is 2. The molecule has 1 saturated heterocycles. The van der Waals surface area contributed by atoms with Crippen LogP contribution in [0.3, 0.4) is 0 Å². The van der Waals surface area contributed by atoms with Gasteiger partial charge in [-0.25, -0.2) is 9.78 Å². The maximum Gasteiger partial charge on any atom is 0.325 e. The van der Waals surface area contributed by atoms with Gasteiger partial charge in [0.25, 0.3) is 5.91 Å². The van der Waals surface area contributed by atoms with E-state index in [1.165, 1.54) is 0 Å². The van der Waals surface area contributed by atoms with Crippen LogP contribution in [0.1, 0.15) is 18.1 Å². The van der Waals surface area contributed by atoms with E-state index in [9.17, 15) is 9.59 Å². The highest BCUT2D eigenvalue weighted by molar-refractivity contribution is 7.98. The Morgan fingerprint density at radius 1 is 1.16 bits per heavy atom. The van der Waals surface area contributed by atoms with E-state index >= 15 is 0 Å². The second-order valence-corrected chi connectivity index (χ2v) is 8.75. The molecule has 2 aromatic carbocycles. The second-order valence-electron chi connectivity index (χ2n) is 7.51. The molecular weight excluding hydrogens is 438 g/mol. The summed E-state index contributed by atoms with van der Waals surface area (Å²) in [7, 11) is 0. The fourth-order valence-electron chi connectivity index (χ4n) is 3.82. The maximum absolute atomic E-state index is 13.3. The second kappa shape index (κ2) is 7.32. The molecule has 1 atom stereocenters. The van der Waals surface area contributed by atoms with Crippen molar-refractivity contribution in [2.24, 2.45) is 0 Å². The summed E-state index contributed by atoms with van der Waals surface area (Å²) in [6, 6.07) is 12.5. The summed E-state index contributed by atoms with van der Waals surface area (Å²) in [5, 5.41) is 3.96. The molecule has 1 aromatic heterocycles. The van der Waals surface area contributed by atoms with Gasteiger partial charge in [0.1, 0.15) is 10.7 Å². The van der Waals surface area contributed by atoms with Crippen molar-refractivity contribution in [3.63, 3.8) is 0 Å². The number of carbonyl (C=O) groups is 2. The van der Waals surface area contributed by atoms with Gasteiger partial charge in [0, 0.05) is 15.8 Å². The number of carbonyl (C=O) groups excluding carboxylic acids is 2. The average Bonchev–Trinajstić information content (AvgIpc) is 3.32. The quantitative estimate of drug-likeness (QED) is 0.359. The van der Waals surface area contributed by atoms with Crippen molar-refractivity contribution in [1.29, 1.82) is 0 Å². The fourth-order valence-corrected chi connectivity index (χ4v) is 4.46. The summed E-state index contributed by atoms with van der Waals surface area (Å²) in [4.78, 5) is 32.8. The average molecular weight is 456 g/mol. The highest BCUT2D eigenvalue weighted by Crippen LogP contribution is 2.38. The lowest BCUT2D eigenvalue weighted by atomic mass is 9.91. The number of hydrogen-bond acceptors (Lipinski definition) is 6. The molecule has 3 heterocycles. The van der Waals surface area contributed by atoms with Crippen LogP contribution < -0.4 is 14.8 Å². The maximum atomic E-state index is 13.3.